The third-order valence-corrected chi connectivity index (χ3v) is 5.51. The van der Waals surface area contributed by atoms with Crippen molar-refractivity contribution in [3.63, 3.8) is 0 Å². The SMILES string of the molecule is CC.CCOc1cc(OC(C)C)cc(C(=O)NCC(N)CC(C)C(=O)Nc2ccc(F)cc2)c1.Cc1ccccc1. The molecule has 0 aliphatic carbocycles. The van der Waals surface area contributed by atoms with Gasteiger partial charge in [0.15, 0.2) is 0 Å². The van der Waals surface area contributed by atoms with Crippen molar-refractivity contribution >= 4 is 17.5 Å². The first-order chi connectivity index (χ1) is 19.6. The van der Waals surface area contributed by atoms with Gasteiger partial charge in [0, 0.05) is 35.8 Å². The van der Waals surface area contributed by atoms with Crippen LogP contribution in [0.25, 0.3) is 0 Å². The molecule has 3 aromatic rings. The predicted octanol–water partition coefficient (Wildman–Crippen LogP) is 6.75. The number of benzene rings is 3. The summed E-state index contributed by atoms with van der Waals surface area (Å²) in [6, 6.07) is 20.4. The number of halogens is 1. The van der Waals surface area contributed by atoms with Gasteiger partial charge >= 0.3 is 0 Å². The Morgan fingerprint density at radius 2 is 1.54 bits per heavy atom. The van der Waals surface area contributed by atoms with Gasteiger partial charge in [-0.15, -0.1) is 0 Å². The van der Waals surface area contributed by atoms with E-state index in [1.54, 1.807) is 25.1 Å². The minimum atomic E-state index is -0.422. The number of carbonyl (C=O) groups is 2. The van der Waals surface area contributed by atoms with E-state index in [1.807, 2.05) is 52.8 Å². The molecule has 7 nitrogen and oxygen atoms in total. The molecular weight excluding hydrogens is 521 g/mol. The Bertz CT molecular complexity index is 1170. The van der Waals surface area contributed by atoms with E-state index in [9.17, 15) is 14.0 Å². The van der Waals surface area contributed by atoms with E-state index in [2.05, 4.69) is 29.7 Å². The molecule has 8 heteroatoms. The summed E-state index contributed by atoms with van der Waals surface area (Å²) in [6.45, 7) is 14.2. The summed E-state index contributed by atoms with van der Waals surface area (Å²) in [5.74, 6) is -0.197. The summed E-state index contributed by atoms with van der Waals surface area (Å²) >= 11 is 0. The number of nitrogens with one attached hydrogen (secondary N) is 2. The minimum absolute atomic E-state index is 0.0428. The van der Waals surface area contributed by atoms with Crippen molar-refractivity contribution in [3.05, 3.63) is 89.7 Å². The molecule has 224 valence electrons. The van der Waals surface area contributed by atoms with Crippen LogP contribution in [-0.4, -0.2) is 37.1 Å². The average Bonchev–Trinajstić information content (AvgIpc) is 2.94. The Kier molecular flexibility index (Phi) is 16.5. The number of amides is 2. The molecule has 3 aromatic carbocycles. The molecule has 0 fully saturated rings. The van der Waals surface area contributed by atoms with Crippen LogP contribution in [0.4, 0.5) is 10.1 Å². The van der Waals surface area contributed by atoms with Crippen molar-refractivity contribution in [3.8, 4) is 11.5 Å². The molecule has 0 spiro atoms. The fourth-order valence-electron chi connectivity index (χ4n) is 3.60. The molecule has 2 unspecified atom stereocenters. The summed E-state index contributed by atoms with van der Waals surface area (Å²) in [4.78, 5) is 25.0. The van der Waals surface area contributed by atoms with E-state index in [0.29, 0.717) is 35.8 Å². The van der Waals surface area contributed by atoms with Crippen LogP contribution in [0.2, 0.25) is 0 Å². The number of carbonyl (C=O) groups excluding carboxylic acids is 2. The molecule has 0 saturated carbocycles. The molecule has 0 aliphatic rings. The molecule has 0 aromatic heterocycles. The monoisotopic (exact) mass is 567 g/mol. The Hall–Kier alpha value is -3.91. The van der Waals surface area contributed by atoms with Gasteiger partial charge in [-0.3, -0.25) is 9.59 Å². The number of ether oxygens (including phenoxy) is 2. The molecule has 0 bridgehead atoms. The van der Waals surface area contributed by atoms with Crippen molar-refractivity contribution in [1.82, 2.24) is 5.32 Å². The zero-order chi connectivity index (χ0) is 30.8. The van der Waals surface area contributed by atoms with E-state index in [0.717, 1.165) is 0 Å². The minimum Gasteiger partial charge on any atom is -0.494 e. The van der Waals surface area contributed by atoms with E-state index in [-0.39, 0.29) is 36.2 Å². The van der Waals surface area contributed by atoms with Crippen LogP contribution in [0, 0.1) is 18.7 Å². The smallest absolute Gasteiger partial charge is 0.251 e. The fraction of sp³-hybridized carbons (Fsp3) is 0.394. The number of aryl methyl sites for hydroxylation is 1. The molecule has 4 N–H and O–H groups in total. The van der Waals surface area contributed by atoms with E-state index >= 15 is 0 Å². The summed E-state index contributed by atoms with van der Waals surface area (Å²) in [6.07, 6.45) is 0.326. The van der Waals surface area contributed by atoms with Crippen molar-refractivity contribution in [2.45, 2.75) is 67.0 Å². The highest BCUT2D eigenvalue weighted by molar-refractivity contribution is 5.95. The molecule has 41 heavy (non-hydrogen) atoms. The largest absolute Gasteiger partial charge is 0.494 e. The third-order valence-electron chi connectivity index (χ3n) is 5.51. The van der Waals surface area contributed by atoms with Crippen LogP contribution in [0.15, 0.2) is 72.8 Å². The molecule has 2 amide bonds. The van der Waals surface area contributed by atoms with E-state index < -0.39 is 6.04 Å². The summed E-state index contributed by atoms with van der Waals surface area (Å²) in [7, 11) is 0. The molecule has 2 atom stereocenters. The first-order valence-electron chi connectivity index (χ1n) is 14.1. The van der Waals surface area contributed by atoms with Gasteiger partial charge in [-0.05, 0) is 70.5 Å². The number of nitrogens with two attached hydrogens (primary N) is 1. The van der Waals surface area contributed by atoms with Crippen molar-refractivity contribution < 1.29 is 23.5 Å². The lowest BCUT2D eigenvalue weighted by molar-refractivity contribution is -0.119. The second kappa shape index (κ2) is 19.2. The van der Waals surface area contributed by atoms with Crippen LogP contribution in [0.5, 0.6) is 11.5 Å². The number of hydrogen-bond acceptors (Lipinski definition) is 5. The predicted molar refractivity (Wildman–Crippen MR) is 165 cm³/mol. The van der Waals surface area contributed by atoms with Crippen molar-refractivity contribution in [2.75, 3.05) is 18.5 Å². The lowest BCUT2D eigenvalue weighted by Crippen LogP contribution is -2.39. The highest BCUT2D eigenvalue weighted by Crippen LogP contribution is 2.24. The first kappa shape index (κ1) is 35.1. The second-order valence-electron chi connectivity index (χ2n) is 9.55. The highest BCUT2D eigenvalue weighted by atomic mass is 19.1. The van der Waals surface area contributed by atoms with E-state index in [1.165, 1.54) is 29.8 Å². The Balaban J connectivity index is 0.000000799. The van der Waals surface area contributed by atoms with Gasteiger partial charge in [-0.25, -0.2) is 4.39 Å². The second-order valence-corrected chi connectivity index (χ2v) is 9.55. The highest BCUT2D eigenvalue weighted by Gasteiger charge is 2.18. The maximum absolute atomic E-state index is 13.0. The zero-order valence-corrected chi connectivity index (χ0v) is 25.4. The molecule has 3 rings (SSSR count). The summed E-state index contributed by atoms with van der Waals surface area (Å²) < 4.78 is 24.2. The number of anilines is 1. The topological polar surface area (TPSA) is 103 Å². The normalized spacial score (nSPS) is 11.6. The van der Waals surface area contributed by atoms with Crippen LogP contribution in [0.3, 0.4) is 0 Å². The maximum atomic E-state index is 13.0. The summed E-state index contributed by atoms with van der Waals surface area (Å²) in [5.41, 5.74) is 8.37. The Morgan fingerprint density at radius 1 is 0.927 bits per heavy atom. The van der Waals surface area contributed by atoms with Gasteiger partial charge in [0.25, 0.3) is 5.91 Å². The van der Waals surface area contributed by atoms with Crippen molar-refractivity contribution in [1.29, 1.82) is 0 Å². The van der Waals surface area contributed by atoms with Gasteiger partial charge in [0.2, 0.25) is 5.91 Å². The fourth-order valence-corrected chi connectivity index (χ4v) is 3.60. The van der Waals surface area contributed by atoms with Crippen LogP contribution >= 0.6 is 0 Å². The van der Waals surface area contributed by atoms with Gasteiger partial charge in [0.05, 0.1) is 12.7 Å². The molecule has 0 saturated heterocycles. The molecule has 0 radical (unpaired) electrons. The number of rotatable bonds is 11. The van der Waals surface area contributed by atoms with Crippen LogP contribution in [-0.2, 0) is 4.79 Å². The summed E-state index contributed by atoms with van der Waals surface area (Å²) in [5, 5.41) is 5.53. The van der Waals surface area contributed by atoms with Gasteiger partial charge in [-0.1, -0.05) is 56.7 Å². The standard InChI is InChI=1S/C24H32FN3O4.C7H8.C2H6/c1-5-31-21-11-17(12-22(13-21)32-15(2)3)24(30)27-14-19(26)10-16(4)23(29)28-20-8-6-18(25)7-9-20;1-7-5-3-2-4-6-7;1-2/h6-9,11-13,15-16,19H,5,10,14,26H2,1-4H3,(H,27,30)(H,28,29);2-6H,1H3;1-2H3. The maximum Gasteiger partial charge on any atom is 0.251 e. The Labute approximate surface area is 244 Å². The molecule has 0 aliphatic heterocycles. The molecular formula is C33H46FN3O4. The average molecular weight is 568 g/mol. The number of hydrogen-bond donors (Lipinski definition) is 3. The van der Waals surface area contributed by atoms with Gasteiger partial charge in [0.1, 0.15) is 17.3 Å². The van der Waals surface area contributed by atoms with Crippen molar-refractivity contribution in [2.24, 2.45) is 11.7 Å². The zero-order valence-electron chi connectivity index (χ0n) is 25.4. The third kappa shape index (κ3) is 14.3. The van der Waals surface area contributed by atoms with Crippen LogP contribution in [0.1, 0.15) is 63.9 Å². The molecule has 0 heterocycles. The first-order valence-corrected chi connectivity index (χ1v) is 14.1. The quantitative estimate of drug-likeness (QED) is 0.238. The van der Waals surface area contributed by atoms with E-state index in [4.69, 9.17) is 15.2 Å². The van der Waals surface area contributed by atoms with Crippen LogP contribution < -0.4 is 25.8 Å². The van der Waals surface area contributed by atoms with Gasteiger partial charge in [-0.2, -0.15) is 0 Å². The lowest BCUT2D eigenvalue weighted by atomic mass is 10.0. The lowest BCUT2D eigenvalue weighted by Gasteiger charge is -2.18. The Morgan fingerprint density at radius 3 is 2.07 bits per heavy atom. The van der Waals surface area contributed by atoms with Gasteiger partial charge < -0.3 is 25.8 Å².